The highest BCUT2D eigenvalue weighted by Crippen LogP contribution is 2.45. The van der Waals surface area contributed by atoms with Gasteiger partial charge in [0.1, 0.15) is 0 Å². The summed E-state index contributed by atoms with van der Waals surface area (Å²) in [5.41, 5.74) is 2.13. The molecule has 1 fully saturated rings. The van der Waals surface area contributed by atoms with Crippen LogP contribution in [-0.2, 0) is 0 Å². The number of hydrogen-bond donors (Lipinski definition) is 1. The van der Waals surface area contributed by atoms with Gasteiger partial charge in [0, 0.05) is 5.41 Å². The molecule has 0 bridgehead atoms. The van der Waals surface area contributed by atoms with E-state index < -0.39 is 5.60 Å². The van der Waals surface area contributed by atoms with Gasteiger partial charge in [0.25, 0.3) is 0 Å². The van der Waals surface area contributed by atoms with E-state index in [4.69, 9.17) is 5.26 Å². The summed E-state index contributed by atoms with van der Waals surface area (Å²) in [7, 11) is 0. The fourth-order valence-electron chi connectivity index (χ4n) is 1.85. The van der Waals surface area contributed by atoms with Crippen LogP contribution in [0.25, 0.3) is 0 Å². The van der Waals surface area contributed by atoms with Crippen LogP contribution in [0.15, 0.2) is 17.9 Å². The molecule has 0 aliphatic heterocycles. The standard InChI is InChI=1S/C10H11NO/c11-8-10(12)6-4-9(5-7-10)2-1-3-9/h2-3,12H,4-7H2. The molecule has 0 aromatic carbocycles. The third-order valence-electron chi connectivity index (χ3n) is 2.96. The second-order valence-electron chi connectivity index (χ2n) is 3.83. The molecular weight excluding hydrogens is 150 g/mol. The van der Waals surface area contributed by atoms with E-state index in [0.717, 1.165) is 12.8 Å². The maximum atomic E-state index is 9.62. The predicted molar refractivity (Wildman–Crippen MR) is 44.1 cm³/mol. The van der Waals surface area contributed by atoms with Crippen molar-refractivity contribution in [2.24, 2.45) is 5.41 Å². The Morgan fingerprint density at radius 3 is 2.17 bits per heavy atom. The molecule has 2 aliphatic rings. The van der Waals surface area contributed by atoms with Gasteiger partial charge < -0.3 is 5.11 Å². The van der Waals surface area contributed by atoms with Gasteiger partial charge in [-0.05, 0) is 37.8 Å². The number of nitrogens with zero attached hydrogens (tertiary/aromatic N) is 1. The van der Waals surface area contributed by atoms with Crippen LogP contribution in [0.5, 0.6) is 0 Å². The first-order chi connectivity index (χ1) is 5.68. The summed E-state index contributed by atoms with van der Waals surface area (Å²) in [5, 5.41) is 18.3. The number of aliphatic hydroxyl groups is 1. The number of hydrogen-bond acceptors (Lipinski definition) is 2. The average molecular weight is 161 g/mol. The van der Waals surface area contributed by atoms with Crippen molar-refractivity contribution in [1.82, 2.24) is 0 Å². The molecule has 1 spiro atoms. The van der Waals surface area contributed by atoms with E-state index in [9.17, 15) is 5.11 Å². The summed E-state index contributed by atoms with van der Waals surface area (Å²) < 4.78 is 0. The molecule has 0 saturated heterocycles. The van der Waals surface area contributed by atoms with E-state index in [0.29, 0.717) is 12.8 Å². The van der Waals surface area contributed by atoms with Crippen molar-refractivity contribution < 1.29 is 5.11 Å². The van der Waals surface area contributed by atoms with Gasteiger partial charge in [-0.3, -0.25) is 0 Å². The van der Waals surface area contributed by atoms with Crippen molar-refractivity contribution in [2.45, 2.75) is 31.3 Å². The van der Waals surface area contributed by atoms with Gasteiger partial charge >= 0.3 is 0 Å². The smallest absolute Gasteiger partial charge is 0.151 e. The fraction of sp³-hybridized carbons (Fsp3) is 0.600. The van der Waals surface area contributed by atoms with Crippen molar-refractivity contribution in [2.75, 3.05) is 0 Å². The SMILES string of the molecule is N#CC1(O)CCC2(C=C=C2)CC1. The van der Waals surface area contributed by atoms with E-state index in [1.165, 1.54) is 0 Å². The first-order valence-corrected chi connectivity index (χ1v) is 4.27. The molecule has 0 heterocycles. The summed E-state index contributed by atoms with van der Waals surface area (Å²) in [6.07, 6.45) is 7.10. The van der Waals surface area contributed by atoms with Crippen LogP contribution in [0.1, 0.15) is 25.7 Å². The van der Waals surface area contributed by atoms with Gasteiger partial charge in [-0.2, -0.15) is 5.26 Å². The zero-order valence-electron chi connectivity index (χ0n) is 6.88. The van der Waals surface area contributed by atoms with E-state index in [1.54, 1.807) is 0 Å². The summed E-state index contributed by atoms with van der Waals surface area (Å²) in [6.45, 7) is 0. The Balaban J connectivity index is 2.04. The second-order valence-corrected chi connectivity index (χ2v) is 3.83. The zero-order chi connectivity index (χ0) is 8.66. The zero-order valence-corrected chi connectivity index (χ0v) is 6.88. The summed E-state index contributed by atoms with van der Waals surface area (Å²) >= 11 is 0. The normalized spacial score (nSPS) is 28.0. The fourth-order valence-corrected chi connectivity index (χ4v) is 1.85. The summed E-state index contributed by atoms with van der Waals surface area (Å²) in [4.78, 5) is 0. The Morgan fingerprint density at radius 1 is 1.25 bits per heavy atom. The van der Waals surface area contributed by atoms with Crippen LogP contribution in [0.4, 0.5) is 0 Å². The number of nitriles is 1. The minimum absolute atomic E-state index is 0.184. The van der Waals surface area contributed by atoms with Crippen molar-refractivity contribution in [3.05, 3.63) is 17.9 Å². The molecule has 0 unspecified atom stereocenters. The first kappa shape index (κ1) is 7.61. The maximum absolute atomic E-state index is 9.62. The van der Waals surface area contributed by atoms with Crippen molar-refractivity contribution in [3.8, 4) is 6.07 Å². The monoisotopic (exact) mass is 161 g/mol. The first-order valence-electron chi connectivity index (χ1n) is 4.27. The molecule has 0 atom stereocenters. The highest BCUT2D eigenvalue weighted by molar-refractivity contribution is 5.23. The lowest BCUT2D eigenvalue weighted by atomic mass is 9.66. The quantitative estimate of drug-likeness (QED) is 0.432. The van der Waals surface area contributed by atoms with Crippen molar-refractivity contribution >= 4 is 0 Å². The summed E-state index contributed by atoms with van der Waals surface area (Å²) in [5.74, 6) is 0. The van der Waals surface area contributed by atoms with Gasteiger partial charge in [-0.1, -0.05) is 0 Å². The Morgan fingerprint density at radius 2 is 1.83 bits per heavy atom. The molecule has 2 aliphatic carbocycles. The van der Waals surface area contributed by atoms with Crippen LogP contribution in [0.2, 0.25) is 0 Å². The molecule has 2 nitrogen and oxygen atoms in total. The summed E-state index contributed by atoms with van der Waals surface area (Å²) in [6, 6.07) is 1.97. The molecule has 12 heavy (non-hydrogen) atoms. The van der Waals surface area contributed by atoms with Gasteiger partial charge in [0.2, 0.25) is 0 Å². The van der Waals surface area contributed by atoms with Crippen molar-refractivity contribution in [3.63, 3.8) is 0 Å². The highest BCUT2D eigenvalue weighted by atomic mass is 16.3. The van der Waals surface area contributed by atoms with E-state index in [1.807, 2.05) is 6.07 Å². The van der Waals surface area contributed by atoms with Crippen LogP contribution < -0.4 is 0 Å². The Labute approximate surface area is 71.8 Å². The molecule has 0 aromatic rings. The lowest BCUT2D eigenvalue weighted by molar-refractivity contribution is 0.0343. The highest BCUT2D eigenvalue weighted by Gasteiger charge is 2.40. The Hall–Kier alpha value is -1.03. The van der Waals surface area contributed by atoms with Crippen molar-refractivity contribution in [1.29, 1.82) is 5.26 Å². The molecule has 0 amide bonds. The molecule has 2 heteroatoms. The van der Waals surface area contributed by atoms with E-state index in [-0.39, 0.29) is 5.41 Å². The van der Waals surface area contributed by atoms with Gasteiger partial charge in [0.15, 0.2) is 5.60 Å². The lowest BCUT2D eigenvalue weighted by Crippen LogP contribution is -2.37. The van der Waals surface area contributed by atoms with Crippen LogP contribution in [-0.4, -0.2) is 10.7 Å². The number of allylic oxidation sites excluding steroid dienone is 1. The van der Waals surface area contributed by atoms with E-state index >= 15 is 0 Å². The topological polar surface area (TPSA) is 44.0 Å². The number of rotatable bonds is 0. The Kier molecular flexibility index (Phi) is 1.41. The molecule has 1 saturated carbocycles. The molecule has 0 aromatic heterocycles. The second kappa shape index (κ2) is 2.23. The van der Waals surface area contributed by atoms with Crippen LogP contribution >= 0.6 is 0 Å². The largest absolute Gasteiger partial charge is 0.375 e. The van der Waals surface area contributed by atoms with Gasteiger partial charge in [0.05, 0.1) is 6.07 Å². The molecule has 0 radical (unpaired) electrons. The third-order valence-corrected chi connectivity index (χ3v) is 2.96. The van der Waals surface area contributed by atoms with Crippen LogP contribution in [0, 0.1) is 16.7 Å². The van der Waals surface area contributed by atoms with E-state index in [2.05, 4.69) is 17.9 Å². The molecule has 1 N–H and O–H groups in total. The van der Waals surface area contributed by atoms with Gasteiger partial charge in [-0.15, -0.1) is 5.73 Å². The lowest BCUT2D eigenvalue weighted by Gasteiger charge is -2.38. The Bertz CT molecular complexity index is 286. The molecule has 2 rings (SSSR count). The maximum Gasteiger partial charge on any atom is 0.151 e. The minimum atomic E-state index is -1.05. The predicted octanol–water partition coefficient (Wildman–Crippen LogP) is 1.53. The average Bonchev–Trinajstić information content (AvgIpc) is 2.04. The minimum Gasteiger partial charge on any atom is -0.375 e. The molecular formula is C10H11NO. The molecule has 62 valence electrons. The van der Waals surface area contributed by atoms with Gasteiger partial charge in [-0.25, -0.2) is 0 Å². The van der Waals surface area contributed by atoms with Crippen LogP contribution in [0.3, 0.4) is 0 Å². The third kappa shape index (κ3) is 0.992.